The van der Waals surface area contributed by atoms with Gasteiger partial charge in [-0.05, 0) is 6.07 Å². The first kappa shape index (κ1) is 14.9. The van der Waals surface area contributed by atoms with E-state index >= 15 is 0 Å². The molecule has 5 nitrogen and oxygen atoms in total. The van der Waals surface area contributed by atoms with E-state index in [9.17, 15) is 4.79 Å². The number of methoxy groups -OCH3 is 2. The van der Waals surface area contributed by atoms with E-state index in [1.807, 2.05) is 12.1 Å². The third kappa shape index (κ3) is 4.19. The smallest absolute Gasteiger partial charge is 0.317 e. The highest BCUT2D eigenvalue weighted by Crippen LogP contribution is 2.31. The van der Waals surface area contributed by atoms with E-state index in [4.69, 9.17) is 21.0 Å². The number of hydrogen-bond acceptors (Lipinski definition) is 4. The van der Waals surface area contributed by atoms with Crippen molar-refractivity contribution in [2.45, 2.75) is 6.54 Å². The van der Waals surface area contributed by atoms with E-state index in [0.717, 1.165) is 5.56 Å². The number of carboxylic acid groups (broad SMARTS) is 1. The lowest BCUT2D eigenvalue weighted by molar-refractivity contribution is -0.138. The van der Waals surface area contributed by atoms with Crippen LogP contribution in [0, 0.1) is 12.3 Å². The topological polar surface area (TPSA) is 59.0 Å². The molecule has 0 aliphatic carbocycles. The highest BCUT2D eigenvalue weighted by atomic mass is 16.5. The van der Waals surface area contributed by atoms with Crippen molar-refractivity contribution in [3.63, 3.8) is 0 Å². The standard InChI is InChI=1S/C14H17NO4/c1-4-8-15(10-13(16)17)9-11-6-5-7-12(18-2)14(11)19-3/h1,5-7H,8-10H2,2-3H3,(H,16,17). The Morgan fingerprint density at radius 2 is 2.16 bits per heavy atom. The van der Waals surface area contributed by atoms with E-state index in [1.54, 1.807) is 25.2 Å². The molecule has 0 aromatic heterocycles. The molecule has 19 heavy (non-hydrogen) atoms. The van der Waals surface area contributed by atoms with Gasteiger partial charge in [-0.3, -0.25) is 9.69 Å². The zero-order valence-corrected chi connectivity index (χ0v) is 11.0. The second-order valence-electron chi connectivity index (χ2n) is 3.90. The van der Waals surface area contributed by atoms with Crippen LogP contribution in [-0.2, 0) is 11.3 Å². The van der Waals surface area contributed by atoms with Gasteiger partial charge in [0.2, 0.25) is 0 Å². The van der Waals surface area contributed by atoms with Crippen LogP contribution in [0.25, 0.3) is 0 Å². The van der Waals surface area contributed by atoms with E-state index < -0.39 is 5.97 Å². The average Bonchev–Trinajstić information content (AvgIpc) is 2.37. The van der Waals surface area contributed by atoms with Crippen molar-refractivity contribution in [3.8, 4) is 23.8 Å². The lowest BCUT2D eigenvalue weighted by atomic mass is 10.1. The first-order valence-corrected chi connectivity index (χ1v) is 5.69. The lowest BCUT2D eigenvalue weighted by Gasteiger charge is -2.20. The summed E-state index contributed by atoms with van der Waals surface area (Å²) < 4.78 is 10.5. The number of rotatable bonds is 7. The number of carbonyl (C=O) groups is 1. The third-order valence-corrected chi connectivity index (χ3v) is 2.55. The Labute approximate surface area is 112 Å². The molecule has 0 radical (unpaired) electrons. The summed E-state index contributed by atoms with van der Waals surface area (Å²) in [6, 6.07) is 5.46. The van der Waals surface area contributed by atoms with Crippen molar-refractivity contribution >= 4 is 5.97 Å². The molecular formula is C14H17NO4. The Morgan fingerprint density at radius 3 is 2.68 bits per heavy atom. The molecule has 0 aliphatic heterocycles. The number of benzene rings is 1. The van der Waals surface area contributed by atoms with Gasteiger partial charge in [0.15, 0.2) is 11.5 Å². The summed E-state index contributed by atoms with van der Waals surface area (Å²) in [6.45, 7) is 0.522. The number of aliphatic carboxylic acids is 1. The summed E-state index contributed by atoms with van der Waals surface area (Å²) in [5.74, 6) is 2.73. The summed E-state index contributed by atoms with van der Waals surface area (Å²) in [4.78, 5) is 12.4. The molecule has 0 aliphatic rings. The molecule has 0 heterocycles. The van der Waals surface area contributed by atoms with Gasteiger partial charge in [-0.1, -0.05) is 18.1 Å². The second-order valence-corrected chi connectivity index (χ2v) is 3.90. The molecule has 0 fully saturated rings. The van der Waals surface area contributed by atoms with E-state index in [0.29, 0.717) is 18.0 Å². The van der Waals surface area contributed by atoms with Gasteiger partial charge in [0.25, 0.3) is 0 Å². The van der Waals surface area contributed by atoms with Crippen LogP contribution >= 0.6 is 0 Å². The van der Waals surface area contributed by atoms with Crippen LogP contribution in [0.15, 0.2) is 18.2 Å². The Morgan fingerprint density at radius 1 is 1.42 bits per heavy atom. The molecule has 0 bridgehead atoms. The quantitative estimate of drug-likeness (QED) is 0.750. The molecule has 102 valence electrons. The minimum Gasteiger partial charge on any atom is -0.493 e. The van der Waals surface area contributed by atoms with Crippen LogP contribution in [0.1, 0.15) is 5.56 Å². The number of carboxylic acids is 1. The van der Waals surface area contributed by atoms with Crippen molar-refractivity contribution in [1.82, 2.24) is 4.90 Å². The number of ether oxygens (including phenoxy) is 2. The Hall–Kier alpha value is -2.19. The maximum Gasteiger partial charge on any atom is 0.317 e. The normalized spacial score (nSPS) is 10.0. The molecule has 5 heteroatoms. The van der Waals surface area contributed by atoms with Gasteiger partial charge >= 0.3 is 5.97 Å². The first-order valence-electron chi connectivity index (χ1n) is 5.69. The summed E-state index contributed by atoms with van der Waals surface area (Å²) in [5.41, 5.74) is 0.832. The average molecular weight is 263 g/mol. The summed E-state index contributed by atoms with van der Waals surface area (Å²) in [7, 11) is 3.10. The predicted octanol–water partition coefficient (Wildman–Crippen LogP) is 1.22. The Kier molecular flexibility index (Phi) is 5.71. The van der Waals surface area contributed by atoms with Gasteiger partial charge in [-0.15, -0.1) is 6.42 Å². The summed E-state index contributed by atoms with van der Waals surface area (Å²) in [5, 5.41) is 8.85. The van der Waals surface area contributed by atoms with Gasteiger partial charge in [0.1, 0.15) is 0 Å². The number of hydrogen-bond donors (Lipinski definition) is 1. The van der Waals surface area contributed by atoms with Crippen LogP contribution < -0.4 is 9.47 Å². The monoisotopic (exact) mass is 263 g/mol. The third-order valence-electron chi connectivity index (χ3n) is 2.55. The highest BCUT2D eigenvalue weighted by molar-refractivity contribution is 5.69. The van der Waals surface area contributed by atoms with Gasteiger partial charge < -0.3 is 14.6 Å². The fourth-order valence-corrected chi connectivity index (χ4v) is 1.81. The molecule has 1 N–H and O–H groups in total. The van der Waals surface area contributed by atoms with Crippen LogP contribution in [0.2, 0.25) is 0 Å². The van der Waals surface area contributed by atoms with Gasteiger partial charge in [0.05, 0.1) is 27.3 Å². The number of terminal acetylenes is 1. The van der Waals surface area contributed by atoms with E-state index in [1.165, 1.54) is 0 Å². The molecule has 1 aromatic carbocycles. The molecule has 0 amide bonds. The fraction of sp³-hybridized carbons (Fsp3) is 0.357. The predicted molar refractivity (Wildman–Crippen MR) is 71.3 cm³/mol. The maximum absolute atomic E-state index is 10.8. The highest BCUT2D eigenvalue weighted by Gasteiger charge is 2.14. The molecule has 0 saturated carbocycles. The largest absolute Gasteiger partial charge is 0.493 e. The zero-order chi connectivity index (χ0) is 14.3. The fourth-order valence-electron chi connectivity index (χ4n) is 1.81. The van der Waals surface area contributed by atoms with Crippen molar-refractivity contribution in [2.75, 3.05) is 27.3 Å². The molecule has 0 saturated heterocycles. The van der Waals surface area contributed by atoms with Crippen molar-refractivity contribution in [3.05, 3.63) is 23.8 Å². The van der Waals surface area contributed by atoms with Gasteiger partial charge in [0, 0.05) is 12.1 Å². The molecule has 1 aromatic rings. The molecule has 0 spiro atoms. The minimum atomic E-state index is -0.919. The van der Waals surface area contributed by atoms with Crippen molar-refractivity contribution in [1.29, 1.82) is 0 Å². The maximum atomic E-state index is 10.8. The minimum absolute atomic E-state index is 0.120. The molecule has 1 rings (SSSR count). The van der Waals surface area contributed by atoms with Gasteiger partial charge in [-0.2, -0.15) is 0 Å². The van der Waals surface area contributed by atoms with E-state index in [2.05, 4.69) is 5.92 Å². The Balaban J connectivity index is 2.95. The molecule has 0 atom stereocenters. The van der Waals surface area contributed by atoms with Crippen LogP contribution in [0.3, 0.4) is 0 Å². The molecular weight excluding hydrogens is 246 g/mol. The number of nitrogens with zero attached hydrogens (tertiary/aromatic N) is 1. The summed E-state index contributed by atoms with van der Waals surface area (Å²) in [6.07, 6.45) is 5.24. The summed E-state index contributed by atoms with van der Waals surface area (Å²) >= 11 is 0. The van der Waals surface area contributed by atoms with Crippen LogP contribution in [0.5, 0.6) is 11.5 Å². The van der Waals surface area contributed by atoms with Crippen molar-refractivity contribution < 1.29 is 19.4 Å². The molecule has 0 unspecified atom stereocenters. The van der Waals surface area contributed by atoms with Gasteiger partial charge in [-0.25, -0.2) is 0 Å². The zero-order valence-electron chi connectivity index (χ0n) is 11.0. The first-order chi connectivity index (χ1) is 9.12. The lowest BCUT2D eigenvalue weighted by Crippen LogP contribution is -2.29. The number of para-hydroxylation sites is 1. The Bertz CT molecular complexity index is 479. The van der Waals surface area contributed by atoms with Crippen LogP contribution in [0.4, 0.5) is 0 Å². The SMILES string of the molecule is C#CCN(CC(=O)O)Cc1cccc(OC)c1OC. The van der Waals surface area contributed by atoms with Crippen molar-refractivity contribution in [2.24, 2.45) is 0 Å². The second kappa shape index (κ2) is 7.29. The van der Waals surface area contributed by atoms with Crippen LogP contribution in [-0.4, -0.2) is 43.3 Å². The van der Waals surface area contributed by atoms with E-state index in [-0.39, 0.29) is 13.1 Å².